The lowest BCUT2D eigenvalue weighted by atomic mass is 9.87. The number of phenolic OH excluding ortho intramolecular Hbond substituents is 1. The smallest absolute Gasteiger partial charge is 0.421 e. The molecule has 2 aromatic rings. The van der Waals surface area contributed by atoms with E-state index in [9.17, 15) is 37.3 Å². The lowest BCUT2D eigenvalue weighted by Gasteiger charge is -2.38. The molecule has 0 saturated heterocycles. The predicted molar refractivity (Wildman–Crippen MR) is 101 cm³/mol. The van der Waals surface area contributed by atoms with Crippen molar-refractivity contribution in [3.05, 3.63) is 58.1 Å². The van der Waals surface area contributed by atoms with Gasteiger partial charge in [0.05, 0.1) is 17.7 Å². The first kappa shape index (κ1) is 22.1. The topological polar surface area (TPSA) is 84.8 Å². The molecule has 1 aliphatic rings. The lowest BCUT2D eigenvalue weighted by molar-refractivity contribution is -0.277. The van der Waals surface area contributed by atoms with Crippen molar-refractivity contribution in [1.29, 1.82) is 0 Å². The van der Waals surface area contributed by atoms with Gasteiger partial charge < -0.3 is 26.0 Å². The number of nitrogens with one attached hydrogen (secondary N) is 2. The molecule has 1 aliphatic heterocycles. The molecular formula is C19H16ClF5N2O3. The third-order valence-electron chi connectivity index (χ3n) is 4.75. The number of phenols is 1. The van der Waals surface area contributed by atoms with Gasteiger partial charge in [0.2, 0.25) is 5.60 Å². The monoisotopic (exact) mass is 450 g/mol. The van der Waals surface area contributed by atoms with E-state index in [-0.39, 0.29) is 16.9 Å². The SMILES string of the molecule is OCC(O)(C(Nc1cc(F)cc2c1C=CCN2)c1ccc(O)c(F)c1Cl)C(F)(F)F. The highest BCUT2D eigenvalue weighted by Gasteiger charge is 2.59. The van der Waals surface area contributed by atoms with Crippen LogP contribution in [0.1, 0.15) is 17.2 Å². The van der Waals surface area contributed by atoms with Crippen LogP contribution in [0.25, 0.3) is 6.08 Å². The third-order valence-corrected chi connectivity index (χ3v) is 5.14. The van der Waals surface area contributed by atoms with E-state index in [0.29, 0.717) is 6.54 Å². The van der Waals surface area contributed by atoms with Gasteiger partial charge >= 0.3 is 6.18 Å². The molecule has 0 radical (unpaired) electrons. The average Bonchev–Trinajstić information content (AvgIpc) is 2.69. The first-order chi connectivity index (χ1) is 14.0. The minimum absolute atomic E-state index is 0.167. The summed E-state index contributed by atoms with van der Waals surface area (Å²) in [7, 11) is 0. The molecule has 162 valence electrons. The summed E-state index contributed by atoms with van der Waals surface area (Å²) >= 11 is 5.81. The molecule has 1 heterocycles. The van der Waals surface area contributed by atoms with Gasteiger partial charge in [-0.1, -0.05) is 29.8 Å². The van der Waals surface area contributed by atoms with Crippen LogP contribution in [0.2, 0.25) is 5.02 Å². The predicted octanol–water partition coefficient (Wildman–Crippen LogP) is 4.20. The van der Waals surface area contributed by atoms with Gasteiger partial charge in [0.25, 0.3) is 0 Å². The summed E-state index contributed by atoms with van der Waals surface area (Å²) in [6.07, 6.45) is -2.23. The molecule has 5 N–H and O–H groups in total. The standard InChI is InChI=1S/C19H16ClF5N2O3/c20-15-11(3-4-14(29)16(15)22)17(18(30,8-28)19(23,24)25)27-13-7-9(21)6-12-10(13)2-1-5-26-12/h1-4,6-7,17,26-30H,5,8H2. The second kappa shape index (κ2) is 7.93. The Hall–Kier alpha value is -2.56. The van der Waals surface area contributed by atoms with E-state index in [4.69, 9.17) is 11.6 Å². The minimum atomic E-state index is -5.39. The molecule has 0 aliphatic carbocycles. The highest BCUT2D eigenvalue weighted by atomic mass is 35.5. The summed E-state index contributed by atoms with van der Waals surface area (Å²) in [4.78, 5) is 0. The number of aliphatic hydroxyl groups excluding tert-OH is 1. The maximum Gasteiger partial charge on any atom is 0.421 e. The van der Waals surface area contributed by atoms with E-state index in [0.717, 1.165) is 24.3 Å². The fourth-order valence-electron chi connectivity index (χ4n) is 3.14. The molecule has 0 amide bonds. The van der Waals surface area contributed by atoms with Crippen molar-refractivity contribution in [2.75, 3.05) is 23.8 Å². The largest absolute Gasteiger partial charge is 0.505 e. The van der Waals surface area contributed by atoms with E-state index < -0.39 is 52.4 Å². The number of rotatable bonds is 5. The fraction of sp³-hybridized carbons (Fsp3) is 0.263. The average molecular weight is 451 g/mol. The number of aliphatic hydroxyl groups is 2. The second-order valence-corrected chi connectivity index (χ2v) is 7.04. The van der Waals surface area contributed by atoms with Crippen molar-refractivity contribution in [3.63, 3.8) is 0 Å². The van der Waals surface area contributed by atoms with E-state index in [1.165, 1.54) is 6.08 Å². The fourth-order valence-corrected chi connectivity index (χ4v) is 3.41. The van der Waals surface area contributed by atoms with Crippen molar-refractivity contribution in [1.82, 2.24) is 0 Å². The van der Waals surface area contributed by atoms with E-state index >= 15 is 0 Å². The van der Waals surface area contributed by atoms with E-state index in [2.05, 4.69) is 10.6 Å². The lowest BCUT2D eigenvalue weighted by Crippen LogP contribution is -2.55. The van der Waals surface area contributed by atoms with Gasteiger partial charge in [-0.3, -0.25) is 0 Å². The van der Waals surface area contributed by atoms with Crippen LogP contribution in [0.3, 0.4) is 0 Å². The van der Waals surface area contributed by atoms with Crippen LogP contribution < -0.4 is 10.6 Å². The molecule has 2 unspecified atom stereocenters. The first-order valence-electron chi connectivity index (χ1n) is 8.57. The van der Waals surface area contributed by atoms with E-state index in [1.807, 2.05) is 0 Å². The number of aromatic hydroxyl groups is 1. The van der Waals surface area contributed by atoms with Crippen molar-refractivity contribution >= 4 is 29.1 Å². The number of halogens is 6. The number of alkyl halides is 3. The molecule has 3 rings (SSSR count). The molecule has 2 atom stereocenters. The van der Waals surface area contributed by atoms with Crippen LogP contribution in [0, 0.1) is 11.6 Å². The van der Waals surface area contributed by atoms with Gasteiger partial charge in [-0.15, -0.1) is 0 Å². The van der Waals surface area contributed by atoms with Gasteiger partial charge in [-0.05, 0) is 23.8 Å². The highest BCUT2D eigenvalue weighted by molar-refractivity contribution is 6.31. The summed E-state index contributed by atoms with van der Waals surface area (Å²) < 4.78 is 69.4. The van der Waals surface area contributed by atoms with Crippen LogP contribution in [0.4, 0.5) is 33.3 Å². The van der Waals surface area contributed by atoms with Crippen LogP contribution in [-0.2, 0) is 0 Å². The van der Waals surface area contributed by atoms with Crippen LogP contribution in [-0.4, -0.2) is 40.2 Å². The van der Waals surface area contributed by atoms with Crippen molar-refractivity contribution in [3.8, 4) is 5.75 Å². The first-order valence-corrected chi connectivity index (χ1v) is 8.94. The summed E-state index contributed by atoms with van der Waals surface area (Å²) in [5.41, 5.74) is -4.04. The summed E-state index contributed by atoms with van der Waals surface area (Å²) in [6, 6.07) is 1.38. The normalized spacial score (nSPS) is 16.4. The Morgan fingerprint density at radius 2 is 1.90 bits per heavy atom. The third kappa shape index (κ3) is 3.78. The van der Waals surface area contributed by atoms with Crippen molar-refractivity contribution in [2.45, 2.75) is 17.8 Å². The molecule has 30 heavy (non-hydrogen) atoms. The maximum absolute atomic E-state index is 14.1. The zero-order valence-corrected chi connectivity index (χ0v) is 15.8. The second-order valence-electron chi connectivity index (χ2n) is 6.66. The Kier molecular flexibility index (Phi) is 5.85. The Morgan fingerprint density at radius 1 is 1.20 bits per heavy atom. The molecular weight excluding hydrogens is 435 g/mol. The molecule has 2 aromatic carbocycles. The maximum atomic E-state index is 14.1. The molecule has 0 aromatic heterocycles. The Bertz CT molecular complexity index is 999. The Morgan fingerprint density at radius 3 is 2.53 bits per heavy atom. The Balaban J connectivity index is 2.21. The highest BCUT2D eigenvalue weighted by Crippen LogP contribution is 2.46. The van der Waals surface area contributed by atoms with Crippen LogP contribution in [0.15, 0.2) is 30.3 Å². The molecule has 0 bridgehead atoms. The van der Waals surface area contributed by atoms with Gasteiger partial charge in [-0.2, -0.15) is 13.2 Å². The summed E-state index contributed by atoms with van der Waals surface area (Å²) in [6.45, 7) is -1.45. The van der Waals surface area contributed by atoms with Crippen LogP contribution in [0.5, 0.6) is 5.75 Å². The number of hydrogen-bond acceptors (Lipinski definition) is 5. The van der Waals surface area contributed by atoms with E-state index in [1.54, 1.807) is 6.08 Å². The zero-order valence-electron chi connectivity index (χ0n) is 15.1. The van der Waals surface area contributed by atoms with Gasteiger partial charge in [0.15, 0.2) is 11.6 Å². The van der Waals surface area contributed by atoms with Crippen LogP contribution >= 0.6 is 11.6 Å². The molecule has 0 fully saturated rings. The quantitative estimate of drug-likeness (QED) is 0.441. The number of anilines is 2. The number of fused-ring (bicyclic) bond motifs is 1. The van der Waals surface area contributed by atoms with Crippen molar-refractivity contribution < 1.29 is 37.3 Å². The zero-order chi connectivity index (χ0) is 22.3. The number of benzene rings is 2. The molecule has 11 heteroatoms. The van der Waals surface area contributed by atoms with Crippen molar-refractivity contribution in [2.24, 2.45) is 0 Å². The van der Waals surface area contributed by atoms with Gasteiger partial charge in [0, 0.05) is 23.5 Å². The molecule has 5 nitrogen and oxygen atoms in total. The molecule has 0 saturated carbocycles. The minimum Gasteiger partial charge on any atom is -0.505 e. The summed E-state index contributed by atoms with van der Waals surface area (Å²) in [5, 5.41) is 33.6. The summed E-state index contributed by atoms with van der Waals surface area (Å²) in [5.74, 6) is -3.12. The van der Waals surface area contributed by atoms with Gasteiger partial charge in [0.1, 0.15) is 5.82 Å². The van der Waals surface area contributed by atoms with Gasteiger partial charge in [-0.25, -0.2) is 8.78 Å². The Labute approximate surface area is 172 Å². The molecule has 0 spiro atoms. The number of hydrogen-bond donors (Lipinski definition) is 5.